The quantitative estimate of drug-likeness (QED) is 0.723. The van der Waals surface area contributed by atoms with Crippen LogP contribution in [-0.2, 0) is 0 Å². The Morgan fingerprint density at radius 3 is 2.45 bits per heavy atom. The van der Waals surface area contributed by atoms with Crippen molar-refractivity contribution in [3.8, 4) is 0 Å². The van der Waals surface area contributed by atoms with Crippen molar-refractivity contribution < 1.29 is 0 Å². The van der Waals surface area contributed by atoms with Crippen LogP contribution in [0.3, 0.4) is 0 Å². The molecule has 0 amide bonds. The Labute approximate surface area is 126 Å². The fourth-order valence-corrected chi connectivity index (χ4v) is 4.37. The van der Waals surface area contributed by atoms with Crippen LogP contribution in [0.4, 0.5) is 0 Å². The molecule has 0 aromatic carbocycles. The van der Waals surface area contributed by atoms with Crippen LogP contribution in [0.25, 0.3) is 0 Å². The molecule has 0 radical (unpaired) electrons. The summed E-state index contributed by atoms with van der Waals surface area (Å²) in [5.74, 6) is 0.812. The Bertz CT molecular complexity index is 284. The molecule has 1 saturated heterocycles. The van der Waals surface area contributed by atoms with Crippen LogP contribution in [0.2, 0.25) is 0 Å². The van der Waals surface area contributed by atoms with Crippen molar-refractivity contribution in [2.24, 2.45) is 11.3 Å². The molecule has 1 saturated carbocycles. The maximum atomic E-state index is 3.70. The molecule has 0 aromatic heterocycles. The van der Waals surface area contributed by atoms with Crippen LogP contribution < -0.4 is 5.32 Å². The van der Waals surface area contributed by atoms with E-state index in [2.05, 4.69) is 43.1 Å². The molecular formula is C17H35N3. The van der Waals surface area contributed by atoms with Crippen LogP contribution >= 0.6 is 0 Å². The van der Waals surface area contributed by atoms with E-state index in [0.29, 0.717) is 5.41 Å². The van der Waals surface area contributed by atoms with Crippen molar-refractivity contribution >= 4 is 0 Å². The highest BCUT2D eigenvalue weighted by Gasteiger charge is 2.39. The normalized spacial score (nSPS) is 30.4. The molecule has 0 spiro atoms. The molecule has 1 aliphatic carbocycles. The van der Waals surface area contributed by atoms with Gasteiger partial charge in [-0.25, -0.2) is 0 Å². The average Bonchev–Trinajstić information content (AvgIpc) is 2.98. The lowest BCUT2D eigenvalue weighted by Crippen LogP contribution is -2.43. The van der Waals surface area contributed by atoms with Crippen molar-refractivity contribution in [3.63, 3.8) is 0 Å². The zero-order valence-corrected chi connectivity index (χ0v) is 14.1. The minimum Gasteiger partial charge on any atom is -0.316 e. The highest BCUT2D eigenvalue weighted by molar-refractivity contribution is 4.94. The molecule has 2 unspecified atom stereocenters. The summed E-state index contributed by atoms with van der Waals surface area (Å²) in [4.78, 5) is 5.16. The number of hydrogen-bond acceptors (Lipinski definition) is 3. The first-order valence-corrected chi connectivity index (χ1v) is 8.66. The Balaban J connectivity index is 1.89. The van der Waals surface area contributed by atoms with E-state index in [1.165, 1.54) is 64.8 Å². The predicted octanol–water partition coefficient (Wildman–Crippen LogP) is 2.43. The van der Waals surface area contributed by atoms with Gasteiger partial charge in [-0.3, -0.25) is 0 Å². The van der Waals surface area contributed by atoms with E-state index in [1.54, 1.807) is 0 Å². The molecule has 3 nitrogen and oxygen atoms in total. The summed E-state index contributed by atoms with van der Waals surface area (Å²) in [6, 6.07) is 0.747. The summed E-state index contributed by atoms with van der Waals surface area (Å²) < 4.78 is 0. The van der Waals surface area contributed by atoms with E-state index in [1.807, 2.05) is 0 Å². The van der Waals surface area contributed by atoms with Gasteiger partial charge in [-0.05, 0) is 51.2 Å². The first-order chi connectivity index (χ1) is 9.56. The second-order valence-corrected chi connectivity index (χ2v) is 7.59. The highest BCUT2D eigenvalue weighted by Crippen LogP contribution is 2.39. The van der Waals surface area contributed by atoms with Gasteiger partial charge in [0.25, 0.3) is 0 Å². The first-order valence-electron chi connectivity index (χ1n) is 8.66. The molecule has 2 aliphatic rings. The van der Waals surface area contributed by atoms with Gasteiger partial charge in [0.15, 0.2) is 0 Å². The third-order valence-electron chi connectivity index (χ3n) is 5.46. The lowest BCUT2D eigenvalue weighted by Gasteiger charge is -2.34. The number of likely N-dealkylation sites (N-methyl/N-ethyl adjacent to an activating group) is 1. The fourth-order valence-electron chi connectivity index (χ4n) is 4.37. The highest BCUT2D eigenvalue weighted by atomic mass is 15.2. The summed E-state index contributed by atoms with van der Waals surface area (Å²) in [5, 5.41) is 3.70. The number of hydrogen-bond donors (Lipinski definition) is 1. The van der Waals surface area contributed by atoms with Crippen LogP contribution in [0.15, 0.2) is 0 Å². The summed E-state index contributed by atoms with van der Waals surface area (Å²) >= 11 is 0. The van der Waals surface area contributed by atoms with E-state index < -0.39 is 0 Å². The predicted molar refractivity (Wildman–Crippen MR) is 87.1 cm³/mol. The molecule has 20 heavy (non-hydrogen) atoms. The van der Waals surface area contributed by atoms with E-state index in [9.17, 15) is 0 Å². The summed E-state index contributed by atoms with van der Waals surface area (Å²) in [6.07, 6.45) is 6.99. The number of nitrogens with zero attached hydrogens (tertiary/aromatic N) is 2. The largest absolute Gasteiger partial charge is 0.316 e. The van der Waals surface area contributed by atoms with E-state index in [4.69, 9.17) is 0 Å². The summed E-state index contributed by atoms with van der Waals surface area (Å²) in [7, 11) is 4.47. The average molecular weight is 281 g/mol. The number of likely N-dealkylation sites (tertiary alicyclic amines) is 1. The van der Waals surface area contributed by atoms with Gasteiger partial charge in [0.05, 0.1) is 0 Å². The minimum atomic E-state index is 0.566. The number of rotatable bonds is 7. The molecule has 1 N–H and O–H groups in total. The Morgan fingerprint density at radius 1 is 1.20 bits per heavy atom. The maximum Gasteiger partial charge on any atom is 0.0254 e. The van der Waals surface area contributed by atoms with E-state index in [0.717, 1.165) is 12.0 Å². The fraction of sp³-hybridized carbons (Fsp3) is 1.00. The molecule has 1 aliphatic heterocycles. The molecule has 2 rings (SSSR count). The van der Waals surface area contributed by atoms with E-state index >= 15 is 0 Å². The third kappa shape index (κ3) is 3.96. The zero-order chi connectivity index (χ0) is 14.6. The molecule has 2 fully saturated rings. The van der Waals surface area contributed by atoms with Crippen molar-refractivity contribution in [3.05, 3.63) is 0 Å². The Hall–Kier alpha value is -0.120. The second-order valence-electron chi connectivity index (χ2n) is 7.59. The lowest BCUT2D eigenvalue weighted by atomic mass is 9.85. The minimum absolute atomic E-state index is 0.566. The van der Waals surface area contributed by atoms with Gasteiger partial charge in [-0.2, -0.15) is 0 Å². The van der Waals surface area contributed by atoms with E-state index in [-0.39, 0.29) is 0 Å². The monoisotopic (exact) mass is 281 g/mol. The summed E-state index contributed by atoms with van der Waals surface area (Å²) in [6.45, 7) is 11.0. The smallest absolute Gasteiger partial charge is 0.0254 e. The third-order valence-corrected chi connectivity index (χ3v) is 5.46. The van der Waals surface area contributed by atoms with Crippen LogP contribution in [0.1, 0.15) is 46.0 Å². The van der Waals surface area contributed by atoms with Gasteiger partial charge in [0.2, 0.25) is 0 Å². The van der Waals surface area contributed by atoms with Gasteiger partial charge in [-0.15, -0.1) is 0 Å². The SMILES string of the molecule is CCCNCC1(CN2CC(C)C(N(C)C)C2)CCCC1. The first kappa shape index (κ1) is 16.3. The zero-order valence-electron chi connectivity index (χ0n) is 14.1. The van der Waals surface area contributed by atoms with Crippen molar-refractivity contribution in [1.29, 1.82) is 0 Å². The van der Waals surface area contributed by atoms with Crippen molar-refractivity contribution in [2.45, 2.75) is 52.0 Å². The van der Waals surface area contributed by atoms with Crippen LogP contribution in [-0.4, -0.2) is 62.7 Å². The van der Waals surface area contributed by atoms with Gasteiger partial charge < -0.3 is 15.1 Å². The Kier molecular flexibility index (Phi) is 5.88. The molecule has 3 heteroatoms. The van der Waals surface area contributed by atoms with Gasteiger partial charge in [0.1, 0.15) is 0 Å². The molecule has 1 heterocycles. The van der Waals surface area contributed by atoms with Gasteiger partial charge in [-0.1, -0.05) is 26.7 Å². The number of nitrogens with one attached hydrogen (secondary N) is 1. The molecular weight excluding hydrogens is 246 g/mol. The second kappa shape index (κ2) is 7.24. The maximum absolute atomic E-state index is 3.70. The molecule has 0 aromatic rings. The molecule has 118 valence electrons. The molecule has 0 bridgehead atoms. The van der Waals surface area contributed by atoms with Crippen molar-refractivity contribution in [1.82, 2.24) is 15.1 Å². The van der Waals surface area contributed by atoms with Gasteiger partial charge in [0, 0.05) is 32.2 Å². The standard InChI is InChI=1S/C17H35N3/c1-5-10-18-13-17(8-6-7-9-17)14-20-11-15(2)16(12-20)19(3)4/h15-16,18H,5-14H2,1-4H3. The topological polar surface area (TPSA) is 18.5 Å². The van der Waals surface area contributed by atoms with Crippen LogP contribution in [0, 0.1) is 11.3 Å². The Morgan fingerprint density at radius 2 is 1.90 bits per heavy atom. The molecule has 2 atom stereocenters. The van der Waals surface area contributed by atoms with Gasteiger partial charge >= 0.3 is 0 Å². The lowest BCUT2D eigenvalue weighted by molar-refractivity contribution is 0.162. The van der Waals surface area contributed by atoms with Crippen molar-refractivity contribution in [2.75, 3.05) is 46.8 Å². The summed E-state index contributed by atoms with van der Waals surface area (Å²) in [5.41, 5.74) is 0.566. The van der Waals surface area contributed by atoms with Crippen LogP contribution in [0.5, 0.6) is 0 Å².